The van der Waals surface area contributed by atoms with E-state index in [2.05, 4.69) is 6.92 Å². The van der Waals surface area contributed by atoms with Crippen molar-refractivity contribution in [2.24, 2.45) is 0 Å². The van der Waals surface area contributed by atoms with E-state index in [9.17, 15) is 30.0 Å². The Hall–Kier alpha value is -2.24. The fourth-order valence-electron chi connectivity index (χ4n) is 3.62. The van der Waals surface area contributed by atoms with Gasteiger partial charge in [-0.2, -0.15) is 0 Å². The number of carbonyl (C=O) groups is 2. The van der Waals surface area contributed by atoms with Crippen LogP contribution in [-0.4, -0.2) is 81.2 Å². The highest BCUT2D eigenvalue weighted by Crippen LogP contribution is 2.32. The summed E-state index contributed by atoms with van der Waals surface area (Å²) in [6, 6.07) is 4.83. The van der Waals surface area contributed by atoms with E-state index in [0.717, 1.165) is 24.8 Å². The SMILES string of the molecule is CCCCCC(O)CC(=O)CCc1ccc(OC2OC(C(=O)O)C(O)C(O)C2O)c(OC)c1. The molecule has 0 aromatic heterocycles. The molecular formula is C23H34O10. The molecule has 0 amide bonds. The van der Waals surface area contributed by atoms with Crippen LogP contribution in [0, 0.1) is 0 Å². The van der Waals surface area contributed by atoms with Gasteiger partial charge in [-0.3, -0.25) is 4.79 Å². The zero-order chi connectivity index (χ0) is 24.5. The average Bonchev–Trinajstić information content (AvgIpc) is 2.78. The van der Waals surface area contributed by atoms with Crippen molar-refractivity contribution in [3.8, 4) is 11.5 Å². The zero-order valence-corrected chi connectivity index (χ0v) is 18.9. The number of ketones is 1. The second kappa shape index (κ2) is 12.9. The lowest BCUT2D eigenvalue weighted by molar-refractivity contribution is -0.271. The molecule has 6 unspecified atom stereocenters. The molecule has 33 heavy (non-hydrogen) atoms. The molecule has 1 heterocycles. The minimum absolute atomic E-state index is 0.0377. The van der Waals surface area contributed by atoms with Crippen LogP contribution in [0.4, 0.5) is 0 Å². The van der Waals surface area contributed by atoms with E-state index in [4.69, 9.17) is 19.3 Å². The van der Waals surface area contributed by atoms with E-state index >= 15 is 0 Å². The number of carboxylic acids is 1. The molecule has 186 valence electrons. The first-order valence-electron chi connectivity index (χ1n) is 11.1. The molecule has 1 fully saturated rings. The Bertz CT molecular complexity index is 783. The molecule has 2 rings (SSSR count). The Labute approximate surface area is 192 Å². The lowest BCUT2D eigenvalue weighted by atomic mass is 9.99. The van der Waals surface area contributed by atoms with Gasteiger partial charge in [0.15, 0.2) is 17.6 Å². The molecule has 0 spiro atoms. The summed E-state index contributed by atoms with van der Waals surface area (Å²) in [6.07, 6.45) is -4.86. The van der Waals surface area contributed by atoms with Crippen LogP contribution >= 0.6 is 0 Å². The maximum atomic E-state index is 12.2. The van der Waals surface area contributed by atoms with Gasteiger partial charge in [0.1, 0.15) is 24.1 Å². The first-order valence-corrected chi connectivity index (χ1v) is 11.1. The Morgan fingerprint density at radius 2 is 1.82 bits per heavy atom. The van der Waals surface area contributed by atoms with Gasteiger partial charge in [0.25, 0.3) is 0 Å². The fourth-order valence-corrected chi connectivity index (χ4v) is 3.62. The molecule has 1 aliphatic heterocycles. The van der Waals surface area contributed by atoms with Crippen molar-refractivity contribution < 1.29 is 49.3 Å². The first-order chi connectivity index (χ1) is 15.7. The number of rotatable bonds is 13. The van der Waals surface area contributed by atoms with Crippen molar-refractivity contribution in [1.82, 2.24) is 0 Å². The number of hydrogen-bond acceptors (Lipinski definition) is 9. The van der Waals surface area contributed by atoms with Gasteiger partial charge in [-0.05, 0) is 30.5 Å². The van der Waals surface area contributed by atoms with Crippen LogP contribution in [0.3, 0.4) is 0 Å². The Morgan fingerprint density at radius 1 is 1.09 bits per heavy atom. The molecule has 1 aliphatic rings. The van der Waals surface area contributed by atoms with Gasteiger partial charge in [-0.15, -0.1) is 0 Å². The van der Waals surface area contributed by atoms with E-state index in [1.165, 1.54) is 13.2 Å². The standard InChI is InChI=1S/C23H34O10/c1-3-4-5-6-14(24)12-15(25)9-7-13-8-10-16(17(11-13)31-2)32-23-20(28)18(26)19(27)21(33-23)22(29)30/h8,10-11,14,18-21,23-24,26-28H,3-7,9,12H2,1-2H3,(H,29,30). The molecule has 1 aromatic carbocycles. The number of aliphatic carboxylic acids is 1. The van der Waals surface area contributed by atoms with Gasteiger partial charge in [0.05, 0.1) is 13.2 Å². The fraction of sp³-hybridized carbons (Fsp3) is 0.652. The molecule has 0 saturated carbocycles. The van der Waals surface area contributed by atoms with E-state index in [-0.39, 0.29) is 30.1 Å². The largest absolute Gasteiger partial charge is 0.493 e. The van der Waals surface area contributed by atoms with Crippen molar-refractivity contribution in [2.75, 3.05) is 7.11 Å². The van der Waals surface area contributed by atoms with Crippen LogP contribution in [0.5, 0.6) is 11.5 Å². The number of ether oxygens (including phenoxy) is 3. The summed E-state index contributed by atoms with van der Waals surface area (Å²) < 4.78 is 16.0. The Kier molecular flexibility index (Phi) is 10.5. The van der Waals surface area contributed by atoms with E-state index in [0.29, 0.717) is 12.8 Å². The highest BCUT2D eigenvalue weighted by Gasteiger charge is 2.48. The molecule has 1 aromatic rings. The van der Waals surface area contributed by atoms with Crippen LogP contribution in [0.25, 0.3) is 0 Å². The number of carbonyl (C=O) groups excluding carboxylic acids is 1. The third kappa shape index (κ3) is 7.65. The summed E-state index contributed by atoms with van der Waals surface area (Å²) in [6.45, 7) is 2.08. The van der Waals surface area contributed by atoms with E-state index in [1.807, 2.05) is 0 Å². The second-order valence-electron chi connectivity index (χ2n) is 8.23. The molecule has 10 heteroatoms. The number of hydrogen-bond donors (Lipinski definition) is 5. The maximum Gasteiger partial charge on any atom is 0.335 e. The third-order valence-electron chi connectivity index (χ3n) is 5.58. The Balaban J connectivity index is 1.97. The first kappa shape index (κ1) is 27.0. The summed E-state index contributed by atoms with van der Waals surface area (Å²) in [5.41, 5.74) is 0.775. The summed E-state index contributed by atoms with van der Waals surface area (Å²) in [5.74, 6) is -1.17. The number of unbranched alkanes of at least 4 members (excludes halogenated alkanes) is 2. The summed E-state index contributed by atoms with van der Waals surface area (Å²) in [4.78, 5) is 23.4. The van der Waals surface area contributed by atoms with Crippen molar-refractivity contribution in [3.05, 3.63) is 23.8 Å². The molecule has 5 N–H and O–H groups in total. The van der Waals surface area contributed by atoms with E-state index < -0.39 is 42.8 Å². The van der Waals surface area contributed by atoms with Crippen LogP contribution in [0.2, 0.25) is 0 Å². The summed E-state index contributed by atoms with van der Waals surface area (Å²) >= 11 is 0. The van der Waals surface area contributed by atoms with Gasteiger partial charge in [-0.25, -0.2) is 4.79 Å². The number of methoxy groups -OCH3 is 1. The number of benzene rings is 1. The van der Waals surface area contributed by atoms with Crippen LogP contribution in [0.1, 0.15) is 51.0 Å². The highest BCUT2D eigenvalue weighted by molar-refractivity contribution is 5.79. The van der Waals surface area contributed by atoms with Crippen LogP contribution in [0.15, 0.2) is 18.2 Å². The summed E-state index contributed by atoms with van der Waals surface area (Å²) in [7, 11) is 1.39. The molecular weight excluding hydrogens is 436 g/mol. The van der Waals surface area contributed by atoms with Crippen LogP contribution in [-0.2, 0) is 20.7 Å². The quantitative estimate of drug-likeness (QED) is 0.261. The highest BCUT2D eigenvalue weighted by atomic mass is 16.7. The van der Waals surface area contributed by atoms with Gasteiger partial charge < -0.3 is 39.7 Å². The Morgan fingerprint density at radius 3 is 2.45 bits per heavy atom. The van der Waals surface area contributed by atoms with Crippen molar-refractivity contribution in [2.45, 2.75) is 88.7 Å². The topological polar surface area (TPSA) is 163 Å². The number of Topliss-reactive ketones (excluding diaryl/α,β-unsaturated/α-hetero) is 1. The minimum Gasteiger partial charge on any atom is -0.493 e. The average molecular weight is 471 g/mol. The lowest BCUT2D eigenvalue weighted by Crippen LogP contribution is -2.61. The molecule has 0 bridgehead atoms. The van der Waals surface area contributed by atoms with Crippen LogP contribution < -0.4 is 9.47 Å². The van der Waals surface area contributed by atoms with Gasteiger partial charge in [0, 0.05) is 12.8 Å². The predicted octanol–water partition coefficient (Wildman–Crippen LogP) is 0.799. The molecule has 6 atom stereocenters. The monoisotopic (exact) mass is 470 g/mol. The number of aliphatic hydroxyl groups is 4. The number of aliphatic hydroxyl groups excluding tert-OH is 4. The van der Waals surface area contributed by atoms with Gasteiger partial charge in [-0.1, -0.05) is 32.3 Å². The number of carboxylic acid groups (broad SMARTS) is 1. The lowest BCUT2D eigenvalue weighted by Gasteiger charge is -2.38. The number of aryl methyl sites for hydroxylation is 1. The minimum atomic E-state index is -1.82. The molecule has 0 radical (unpaired) electrons. The molecule has 10 nitrogen and oxygen atoms in total. The molecule has 0 aliphatic carbocycles. The normalized spacial score (nSPS) is 25.9. The zero-order valence-electron chi connectivity index (χ0n) is 18.9. The van der Waals surface area contributed by atoms with Gasteiger partial charge in [0.2, 0.25) is 6.29 Å². The maximum absolute atomic E-state index is 12.2. The third-order valence-corrected chi connectivity index (χ3v) is 5.58. The predicted molar refractivity (Wildman–Crippen MR) is 116 cm³/mol. The van der Waals surface area contributed by atoms with Crippen molar-refractivity contribution in [1.29, 1.82) is 0 Å². The smallest absolute Gasteiger partial charge is 0.335 e. The van der Waals surface area contributed by atoms with Crippen molar-refractivity contribution >= 4 is 11.8 Å². The van der Waals surface area contributed by atoms with Crippen molar-refractivity contribution in [3.63, 3.8) is 0 Å². The van der Waals surface area contributed by atoms with Gasteiger partial charge >= 0.3 is 5.97 Å². The second-order valence-corrected chi connectivity index (χ2v) is 8.23. The summed E-state index contributed by atoms with van der Waals surface area (Å²) in [5, 5.41) is 48.9. The van der Waals surface area contributed by atoms with E-state index in [1.54, 1.807) is 12.1 Å². The molecule has 1 saturated heterocycles.